The van der Waals surface area contributed by atoms with Gasteiger partial charge in [0, 0.05) is 32.0 Å². The van der Waals surface area contributed by atoms with E-state index in [1.165, 1.54) is 7.11 Å². The SMILES string of the molecule is CN=C(NCc1ccc(NC(=O)OC)cc1)NCc1cc(Cl)c(Cl)n1C. The number of methoxy groups -OCH3 is 1. The molecule has 0 spiro atoms. The molecule has 1 aromatic carbocycles. The Balaban J connectivity index is 1.86. The van der Waals surface area contributed by atoms with Crippen LogP contribution in [0.1, 0.15) is 11.3 Å². The second-order valence-electron chi connectivity index (χ2n) is 5.43. The predicted molar refractivity (Wildman–Crippen MR) is 105 cm³/mol. The molecule has 0 unspecified atom stereocenters. The third kappa shape index (κ3) is 5.31. The average molecular weight is 398 g/mol. The number of nitrogens with one attached hydrogen (secondary N) is 3. The number of amides is 1. The van der Waals surface area contributed by atoms with Gasteiger partial charge in [0.1, 0.15) is 5.15 Å². The highest BCUT2D eigenvalue weighted by Gasteiger charge is 2.09. The monoisotopic (exact) mass is 397 g/mol. The zero-order valence-corrected chi connectivity index (χ0v) is 16.3. The highest BCUT2D eigenvalue weighted by molar-refractivity contribution is 6.41. The van der Waals surface area contributed by atoms with Gasteiger partial charge >= 0.3 is 6.09 Å². The van der Waals surface area contributed by atoms with Crippen molar-refractivity contribution in [1.82, 2.24) is 15.2 Å². The van der Waals surface area contributed by atoms with Crippen molar-refractivity contribution in [3.8, 4) is 0 Å². The summed E-state index contributed by atoms with van der Waals surface area (Å²) < 4.78 is 6.37. The van der Waals surface area contributed by atoms with Crippen molar-refractivity contribution in [2.75, 3.05) is 19.5 Å². The molecule has 2 rings (SSSR count). The van der Waals surface area contributed by atoms with Gasteiger partial charge in [0.15, 0.2) is 5.96 Å². The average Bonchev–Trinajstić information content (AvgIpc) is 2.90. The molecule has 7 nitrogen and oxygen atoms in total. The molecule has 0 fully saturated rings. The zero-order chi connectivity index (χ0) is 19.1. The lowest BCUT2D eigenvalue weighted by Crippen LogP contribution is -2.36. The van der Waals surface area contributed by atoms with E-state index in [1.807, 2.05) is 29.8 Å². The fourth-order valence-corrected chi connectivity index (χ4v) is 2.63. The van der Waals surface area contributed by atoms with E-state index in [4.69, 9.17) is 23.2 Å². The summed E-state index contributed by atoms with van der Waals surface area (Å²) in [5, 5.41) is 10.1. The molecule has 0 aliphatic carbocycles. The predicted octanol–water partition coefficient (Wildman–Crippen LogP) is 3.38. The van der Waals surface area contributed by atoms with Crippen LogP contribution < -0.4 is 16.0 Å². The lowest BCUT2D eigenvalue weighted by molar-refractivity contribution is 0.187. The van der Waals surface area contributed by atoms with E-state index < -0.39 is 6.09 Å². The van der Waals surface area contributed by atoms with Crippen LogP contribution in [0.25, 0.3) is 0 Å². The zero-order valence-electron chi connectivity index (χ0n) is 14.8. The van der Waals surface area contributed by atoms with Gasteiger partial charge in [-0.25, -0.2) is 4.79 Å². The van der Waals surface area contributed by atoms with E-state index >= 15 is 0 Å². The van der Waals surface area contributed by atoms with E-state index in [0.29, 0.717) is 34.9 Å². The minimum atomic E-state index is -0.499. The van der Waals surface area contributed by atoms with Crippen LogP contribution in [0.2, 0.25) is 10.2 Å². The Morgan fingerprint density at radius 3 is 2.38 bits per heavy atom. The molecule has 9 heteroatoms. The van der Waals surface area contributed by atoms with Crippen LogP contribution >= 0.6 is 23.2 Å². The Morgan fingerprint density at radius 1 is 1.19 bits per heavy atom. The second kappa shape index (κ2) is 9.35. The standard InChI is InChI=1S/C17H21Cl2N5O2/c1-20-16(22-10-13-8-14(18)15(19)24(13)2)21-9-11-4-6-12(7-5-11)23-17(25)26-3/h4-8H,9-10H2,1-3H3,(H,23,25)(H2,20,21,22). The first-order valence-corrected chi connectivity index (χ1v) is 8.58. The second-order valence-corrected chi connectivity index (χ2v) is 6.19. The maximum absolute atomic E-state index is 11.2. The van der Waals surface area contributed by atoms with Gasteiger partial charge < -0.3 is 19.9 Å². The molecule has 2 aromatic rings. The minimum Gasteiger partial charge on any atom is -0.453 e. The van der Waals surface area contributed by atoms with Gasteiger partial charge in [-0.2, -0.15) is 0 Å². The Kier molecular flexibility index (Phi) is 7.17. The first-order chi connectivity index (χ1) is 12.4. The first-order valence-electron chi connectivity index (χ1n) is 7.82. The lowest BCUT2D eigenvalue weighted by Gasteiger charge is -2.13. The number of anilines is 1. The number of aliphatic imine (C=N–C) groups is 1. The summed E-state index contributed by atoms with van der Waals surface area (Å²) in [5.74, 6) is 0.648. The largest absolute Gasteiger partial charge is 0.453 e. The van der Waals surface area contributed by atoms with E-state index in [9.17, 15) is 4.79 Å². The highest BCUT2D eigenvalue weighted by Crippen LogP contribution is 2.24. The first kappa shape index (κ1) is 19.9. The molecular weight excluding hydrogens is 377 g/mol. The maximum Gasteiger partial charge on any atom is 0.411 e. The number of aromatic nitrogens is 1. The minimum absolute atomic E-state index is 0.499. The third-order valence-electron chi connectivity index (χ3n) is 3.72. The number of rotatable bonds is 5. The van der Waals surface area contributed by atoms with E-state index in [-0.39, 0.29) is 0 Å². The summed E-state index contributed by atoms with van der Waals surface area (Å²) in [6, 6.07) is 9.23. The molecule has 3 N–H and O–H groups in total. The van der Waals surface area contributed by atoms with Crippen molar-refractivity contribution in [2.45, 2.75) is 13.1 Å². The molecular formula is C17H21Cl2N5O2. The summed E-state index contributed by atoms with van der Waals surface area (Å²) in [5.41, 5.74) is 2.65. The molecule has 0 aliphatic heterocycles. The molecule has 140 valence electrons. The lowest BCUT2D eigenvalue weighted by atomic mass is 10.2. The normalized spacial score (nSPS) is 11.2. The van der Waals surface area contributed by atoms with Gasteiger partial charge in [-0.15, -0.1) is 0 Å². The molecule has 0 saturated heterocycles. The van der Waals surface area contributed by atoms with Crippen LogP contribution in [0.5, 0.6) is 0 Å². The number of nitrogens with zero attached hydrogens (tertiary/aromatic N) is 2. The summed E-state index contributed by atoms with van der Waals surface area (Å²) >= 11 is 12.1. The van der Waals surface area contributed by atoms with Crippen molar-refractivity contribution in [3.05, 3.63) is 51.8 Å². The molecule has 26 heavy (non-hydrogen) atoms. The molecule has 0 bridgehead atoms. The number of hydrogen-bond donors (Lipinski definition) is 3. The van der Waals surface area contributed by atoms with Crippen molar-refractivity contribution < 1.29 is 9.53 Å². The van der Waals surface area contributed by atoms with Crippen LogP contribution in [0, 0.1) is 0 Å². The molecule has 0 saturated carbocycles. The molecule has 1 aromatic heterocycles. The number of ether oxygens (including phenoxy) is 1. The molecule has 1 heterocycles. The van der Waals surface area contributed by atoms with E-state index in [2.05, 4.69) is 25.7 Å². The fraction of sp³-hybridized carbons (Fsp3) is 0.294. The van der Waals surface area contributed by atoms with Crippen molar-refractivity contribution >= 4 is 40.9 Å². The summed E-state index contributed by atoms with van der Waals surface area (Å²) in [7, 11) is 4.87. The van der Waals surface area contributed by atoms with Gasteiger partial charge in [0.05, 0.1) is 18.7 Å². The van der Waals surface area contributed by atoms with Crippen molar-refractivity contribution in [2.24, 2.45) is 12.0 Å². The summed E-state index contributed by atoms with van der Waals surface area (Å²) in [6.07, 6.45) is -0.499. The van der Waals surface area contributed by atoms with Crippen molar-refractivity contribution in [1.29, 1.82) is 0 Å². The van der Waals surface area contributed by atoms with Gasteiger partial charge in [-0.1, -0.05) is 35.3 Å². The molecule has 1 amide bonds. The Labute approximate surface area is 162 Å². The topological polar surface area (TPSA) is 79.7 Å². The highest BCUT2D eigenvalue weighted by atomic mass is 35.5. The van der Waals surface area contributed by atoms with E-state index in [0.717, 1.165) is 11.3 Å². The van der Waals surface area contributed by atoms with Crippen LogP contribution in [0.15, 0.2) is 35.3 Å². The number of guanidine groups is 1. The van der Waals surface area contributed by atoms with Crippen LogP contribution in [-0.2, 0) is 24.9 Å². The molecule has 0 aliphatic rings. The smallest absolute Gasteiger partial charge is 0.411 e. The van der Waals surface area contributed by atoms with Crippen LogP contribution in [0.4, 0.5) is 10.5 Å². The van der Waals surface area contributed by atoms with Gasteiger partial charge in [0.2, 0.25) is 0 Å². The van der Waals surface area contributed by atoms with Crippen LogP contribution in [-0.4, -0.2) is 30.8 Å². The Morgan fingerprint density at radius 2 is 1.85 bits per heavy atom. The fourth-order valence-electron chi connectivity index (χ4n) is 2.21. The maximum atomic E-state index is 11.2. The Hall–Kier alpha value is -2.38. The molecule has 0 atom stereocenters. The molecule has 0 radical (unpaired) electrons. The summed E-state index contributed by atoms with van der Waals surface area (Å²) in [4.78, 5) is 15.4. The quantitative estimate of drug-likeness (QED) is 0.533. The Bertz CT molecular complexity index is 787. The summed E-state index contributed by atoms with van der Waals surface area (Å²) in [6.45, 7) is 1.11. The van der Waals surface area contributed by atoms with E-state index in [1.54, 1.807) is 19.2 Å². The van der Waals surface area contributed by atoms with Gasteiger partial charge in [-0.3, -0.25) is 10.3 Å². The number of carbonyl (C=O) groups is 1. The number of benzene rings is 1. The number of halogens is 2. The van der Waals surface area contributed by atoms with Crippen LogP contribution in [0.3, 0.4) is 0 Å². The number of carbonyl (C=O) groups excluding carboxylic acids is 1. The van der Waals surface area contributed by atoms with Crippen molar-refractivity contribution in [3.63, 3.8) is 0 Å². The van der Waals surface area contributed by atoms with Gasteiger partial charge in [0.25, 0.3) is 0 Å². The number of hydrogen-bond acceptors (Lipinski definition) is 3. The third-order valence-corrected chi connectivity index (χ3v) is 4.56. The van der Waals surface area contributed by atoms with Gasteiger partial charge in [-0.05, 0) is 23.8 Å².